The van der Waals surface area contributed by atoms with E-state index in [0.29, 0.717) is 17.2 Å². The number of Topliss-reactive ketones (excluding diaryl/α,β-unsaturated/α-hetero) is 1. The summed E-state index contributed by atoms with van der Waals surface area (Å²) in [6.07, 6.45) is 0. The molecule has 0 amide bonds. The van der Waals surface area contributed by atoms with Gasteiger partial charge in [-0.15, -0.1) is 0 Å². The van der Waals surface area contributed by atoms with Gasteiger partial charge in [0.15, 0.2) is 5.75 Å². The van der Waals surface area contributed by atoms with Gasteiger partial charge in [0.1, 0.15) is 17.0 Å². The molecular formula is C27H23NO5. The van der Waals surface area contributed by atoms with Crippen molar-refractivity contribution in [3.05, 3.63) is 99.8 Å². The normalized spacial score (nSPS) is 14.0. The highest BCUT2D eigenvalue weighted by molar-refractivity contribution is 6.28. The lowest BCUT2D eigenvalue weighted by molar-refractivity contribution is -0.133. The van der Waals surface area contributed by atoms with Gasteiger partial charge in [-0.05, 0) is 51.0 Å². The molecule has 1 aliphatic heterocycles. The maximum Gasteiger partial charge on any atom is 0.361 e. The van der Waals surface area contributed by atoms with Crippen LogP contribution in [0.5, 0.6) is 11.5 Å². The first kappa shape index (κ1) is 22.0. The average molecular weight is 441 g/mol. The molecule has 3 aromatic rings. The maximum atomic E-state index is 13.5. The molecule has 0 bridgehead atoms. The maximum absolute atomic E-state index is 13.5. The number of fused-ring (bicyclic) bond motifs is 1. The number of para-hydroxylation sites is 2. The van der Waals surface area contributed by atoms with E-state index in [9.17, 15) is 14.4 Å². The van der Waals surface area contributed by atoms with Crippen molar-refractivity contribution in [2.24, 2.45) is 0 Å². The van der Waals surface area contributed by atoms with Gasteiger partial charge in [0.05, 0.1) is 5.69 Å². The molecule has 0 atom stereocenters. The van der Waals surface area contributed by atoms with Crippen molar-refractivity contribution in [3.63, 3.8) is 0 Å². The van der Waals surface area contributed by atoms with E-state index in [1.54, 1.807) is 48.5 Å². The number of esters is 2. The van der Waals surface area contributed by atoms with Crippen molar-refractivity contribution in [2.75, 3.05) is 5.32 Å². The van der Waals surface area contributed by atoms with Crippen molar-refractivity contribution in [2.45, 2.75) is 27.7 Å². The van der Waals surface area contributed by atoms with Gasteiger partial charge >= 0.3 is 11.9 Å². The Bertz CT molecular complexity index is 1300. The summed E-state index contributed by atoms with van der Waals surface area (Å²) in [6.45, 7) is 7.47. The summed E-state index contributed by atoms with van der Waals surface area (Å²) in [7, 11) is 0. The van der Waals surface area contributed by atoms with Crippen molar-refractivity contribution < 1.29 is 23.9 Å². The molecule has 3 aromatic carbocycles. The second-order valence-corrected chi connectivity index (χ2v) is 8.07. The van der Waals surface area contributed by atoms with E-state index in [2.05, 4.69) is 5.32 Å². The molecule has 0 aromatic heterocycles. The number of ether oxygens (including phenoxy) is 2. The topological polar surface area (TPSA) is 81.7 Å². The Morgan fingerprint density at radius 2 is 1.48 bits per heavy atom. The minimum absolute atomic E-state index is 0.255. The number of nitrogens with one attached hydrogen (secondary N) is 1. The Labute approximate surface area is 191 Å². The van der Waals surface area contributed by atoms with E-state index in [0.717, 1.165) is 22.3 Å². The second kappa shape index (κ2) is 8.74. The van der Waals surface area contributed by atoms with Crippen LogP contribution in [0.2, 0.25) is 0 Å². The summed E-state index contributed by atoms with van der Waals surface area (Å²) in [4.78, 5) is 39.7. The van der Waals surface area contributed by atoms with E-state index < -0.39 is 23.3 Å². The molecule has 166 valence electrons. The molecule has 1 heterocycles. The molecule has 1 aliphatic rings. The molecular weight excluding hydrogens is 418 g/mol. The zero-order chi connectivity index (χ0) is 23.7. The fourth-order valence-corrected chi connectivity index (χ4v) is 3.79. The van der Waals surface area contributed by atoms with Crippen LogP contribution in [-0.4, -0.2) is 17.7 Å². The monoisotopic (exact) mass is 441 g/mol. The van der Waals surface area contributed by atoms with Crippen molar-refractivity contribution in [1.29, 1.82) is 0 Å². The van der Waals surface area contributed by atoms with Crippen molar-refractivity contribution in [1.82, 2.24) is 0 Å². The summed E-state index contributed by atoms with van der Waals surface area (Å²) in [6, 6.07) is 17.3. The predicted octanol–water partition coefficient (Wildman–Crippen LogP) is 4.99. The quantitative estimate of drug-likeness (QED) is 0.153. The van der Waals surface area contributed by atoms with E-state index in [1.165, 1.54) is 0 Å². The van der Waals surface area contributed by atoms with Crippen molar-refractivity contribution >= 4 is 23.4 Å². The van der Waals surface area contributed by atoms with Gasteiger partial charge in [-0.2, -0.15) is 0 Å². The Kier molecular flexibility index (Phi) is 5.84. The van der Waals surface area contributed by atoms with Crippen LogP contribution in [0.4, 0.5) is 5.69 Å². The minimum Gasteiger partial charge on any atom is -0.422 e. The van der Waals surface area contributed by atoms with Gasteiger partial charge in [-0.25, -0.2) is 9.59 Å². The number of carbonyl (C=O) groups is 3. The lowest BCUT2D eigenvalue weighted by atomic mass is 9.99. The van der Waals surface area contributed by atoms with Crippen LogP contribution < -0.4 is 14.8 Å². The summed E-state index contributed by atoms with van der Waals surface area (Å²) in [5, 5.41) is 2.90. The fraction of sp³-hybridized carbons (Fsp3) is 0.148. The molecule has 0 spiro atoms. The average Bonchev–Trinajstić information content (AvgIpc) is 2.77. The second-order valence-electron chi connectivity index (χ2n) is 8.07. The SMILES string of the molecule is Cc1ccc(C(=O)C(C(=O)Oc2c(C)cc(C)cc2C)=C2Nc3ccccc3OC2=O)cc1. The number of hydrogen-bond donors (Lipinski definition) is 1. The summed E-state index contributed by atoms with van der Waals surface area (Å²) in [5.41, 5.74) is 3.52. The Balaban J connectivity index is 1.82. The number of benzene rings is 3. The first-order valence-electron chi connectivity index (χ1n) is 10.5. The molecule has 0 fully saturated rings. The largest absolute Gasteiger partial charge is 0.422 e. The third-order valence-electron chi connectivity index (χ3n) is 5.35. The Hall–Kier alpha value is -4.19. The van der Waals surface area contributed by atoms with Crippen LogP contribution in [0, 0.1) is 27.7 Å². The van der Waals surface area contributed by atoms with E-state index in [-0.39, 0.29) is 11.3 Å². The molecule has 1 N–H and O–H groups in total. The molecule has 33 heavy (non-hydrogen) atoms. The Morgan fingerprint density at radius 3 is 2.15 bits per heavy atom. The van der Waals surface area contributed by atoms with E-state index >= 15 is 0 Å². The number of anilines is 1. The number of rotatable bonds is 4. The smallest absolute Gasteiger partial charge is 0.361 e. The lowest BCUT2D eigenvalue weighted by Crippen LogP contribution is -2.31. The van der Waals surface area contributed by atoms with E-state index in [1.807, 2.05) is 39.8 Å². The van der Waals surface area contributed by atoms with E-state index in [4.69, 9.17) is 9.47 Å². The van der Waals surface area contributed by atoms with Gasteiger partial charge in [-0.3, -0.25) is 4.79 Å². The van der Waals surface area contributed by atoms with Crippen molar-refractivity contribution in [3.8, 4) is 11.5 Å². The summed E-state index contributed by atoms with van der Waals surface area (Å²) >= 11 is 0. The third kappa shape index (κ3) is 4.41. The number of carbonyl (C=O) groups excluding carboxylic acids is 3. The van der Waals surface area contributed by atoms with Gasteiger partial charge in [0.2, 0.25) is 5.78 Å². The third-order valence-corrected chi connectivity index (χ3v) is 5.35. The lowest BCUT2D eigenvalue weighted by Gasteiger charge is -2.22. The first-order valence-corrected chi connectivity index (χ1v) is 10.5. The fourth-order valence-electron chi connectivity index (χ4n) is 3.79. The highest BCUT2D eigenvalue weighted by Crippen LogP contribution is 2.33. The first-order chi connectivity index (χ1) is 15.7. The number of ketones is 1. The summed E-state index contributed by atoms with van der Waals surface area (Å²) in [5.74, 6) is -1.74. The van der Waals surface area contributed by atoms with Gasteiger partial charge < -0.3 is 14.8 Å². The van der Waals surface area contributed by atoms with Crippen LogP contribution in [0.1, 0.15) is 32.6 Å². The molecule has 6 heteroatoms. The molecule has 6 nitrogen and oxygen atoms in total. The summed E-state index contributed by atoms with van der Waals surface area (Å²) < 4.78 is 11.1. The number of aryl methyl sites for hydroxylation is 4. The van der Waals surface area contributed by atoms with Crippen LogP contribution >= 0.6 is 0 Å². The van der Waals surface area contributed by atoms with Gasteiger partial charge in [-0.1, -0.05) is 59.7 Å². The molecule has 0 saturated heterocycles. The molecule has 0 aliphatic carbocycles. The minimum atomic E-state index is -0.936. The zero-order valence-corrected chi connectivity index (χ0v) is 18.8. The van der Waals surface area contributed by atoms with Crippen LogP contribution in [0.3, 0.4) is 0 Å². The van der Waals surface area contributed by atoms with Gasteiger partial charge in [0.25, 0.3) is 0 Å². The standard InChI is InChI=1S/C27H23NO5/c1-15-9-11-19(12-10-15)24(29)22(23-27(31)32-21-8-6-5-7-20(21)28-23)26(30)33-25-17(3)13-16(2)14-18(25)4/h5-14,28H,1-4H3. The zero-order valence-electron chi connectivity index (χ0n) is 18.8. The molecule has 0 unspecified atom stereocenters. The molecule has 0 radical (unpaired) electrons. The highest BCUT2D eigenvalue weighted by Gasteiger charge is 2.34. The van der Waals surface area contributed by atoms with Crippen LogP contribution in [0.25, 0.3) is 0 Å². The highest BCUT2D eigenvalue weighted by atomic mass is 16.5. The Morgan fingerprint density at radius 1 is 0.848 bits per heavy atom. The number of hydrogen-bond acceptors (Lipinski definition) is 6. The molecule has 0 saturated carbocycles. The van der Waals surface area contributed by atoms with Gasteiger partial charge in [0, 0.05) is 5.56 Å². The van der Waals surface area contributed by atoms with Crippen LogP contribution in [-0.2, 0) is 9.59 Å². The van der Waals surface area contributed by atoms with Crippen LogP contribution in [0.15, 0.2) is 71.9 Å². The molecule has 4 rings (SSSR count). The predicted molar refractivity (Wildman–Crippen MR) is 125 cm³/mol.